The third-order valence-electron chi connectivity index (χ3n) is 3.79. The van der Waals surface area contributed by atoms with E-state index >= 15 is 0 Å². The first kappa shape index (κ1) is 15.2. The van der Waals surface area contributed by atoms with Crippen LogP contribution in [0, 0.1) is 0 Å². The first-order valence-electron chi connectivity index (χ1n) is 7.49. The lowest BCUT2D eigenvalue weighted by Gasteiger charge is -2.34. The first-order valence-corrected chi connectivity index (χ1v) is 8.29. The van der Waals surface area contributed by atoms with Gasteiger partial charge >= 0.3 is 0 Å². The molecule has 0 aliphatic carbocycles. The number of rotatable bonds is 4. The minimum Gasteiger partial charge on any atom is -0.353 e. The Kier molecular flexibility index (Phi) is 5.19. The van der Waals surface area contributed by atoms with Gasteiger partial charge in [0.05, 0.1) is 0 Å². The summed E-state index contributed by atoms with van der Waals surface area (Å²) in [6, 6.07) is 14.4. The van der Waals surface area contributed by atoms with Gasteiger partial charge in [0.15, 0.2) is 5.82 Å². The maximum absolute atomic E-state index is 4.23. The van der Waals surface area contributed by atoms with Crippen molar-refractivity contribution in [2.24, 2.45) is 0 Å². The Morgan fingerprint density at radius 3 is 2.41 bits per heavy atom. The number of nitrogens with zero attached hydrogens (tertiary/aromatic N) is 4. The molecule has 5 heteroatoms. The minimum atomic E-state index is 0.779. The van der Waals surface area contributed by atoms with Crippen molar-refractivity contribution in [2.45, 2.75) is 0 Å². The average molecular weight is 359 g/mol. The van der Waals surface area contributed by atoms with Crippen molar-refractivity contribution in [3.8, 4) is 0 Å². The lowest BCUT2D eigenvalue weighted by molar-refractivity contribution is 0.283. The molecule has 1 aliphatic rings. The van der Waals surface area contributed by atoms with Gasteiger partial charge in [-0.25, -0.2) is 0 Å². The molecule has 114 valence electrons. The van der Waals surface area contributed by atoms with Crippen LogP contribution in [-0.2, 0) is 0 Å². The van der Waals surface area contributed by atoms with Gasteiger partial charge in [-0.1, -0.05) is 42.5 Å². The molecule has 3 rings (SSSR count). The fourth-order valence-corrected chi connectivity index (χ4v) is 2.75. The second kappa shape index (κ2) is 7.51. The van der Waals surface area contributed by atoms with Crippen molar-refractivity contribution >= 4 is 27.8 Å². The highest BCUT2D eigenvalue weighted by atomic mass is 79.9. The lowest BCUT2D eigenvalue weighted by Crippen LogP contribution is -2.46. The molecule has 1 fully saturated rings. The van der Waals surface area contributed by atoms with Crippen LogP contribution >= 0.6 is 15.9 Å². The molecule has 0 N–H and O–H groups in total. The Balaban J connectivity index is 1.47. The number of halogens is 1. The second-order valence-corrected chi connectivity index (χ2v) is 6.13. The number of hydrogen-bond donors (Lipinski definition) is 0. The minimum absolute atomic E-state index is 0.779. The highest BCUT2D eigenvalue weighted by molar-refractivity contribution is 9.10. The van der Waals surface area contributed by atoms with Gasteiger partial charge in [-0.2, -0.15) is 0 Å². The summed E-state index contributed by atoms with van der Waals surface area (Å²) in [4.78, 5) is 4.75. The van der Waals surface area contributed by atoms with E-state index in [-0.39, 0.29) is 0 Å². The molecule has 2 aromatic rings. The molecule has 0 atom stereocenters. The Labute approximate surface area is 139 Å². The van der Waals surface area contributed by atoms with Crippen LogP contribution in [0.4, 0.5) is 5.82 Å². The summed E-state index contributed by atoms with van der Waals surface area (Å²) in [6.07, 6.45) is 4.43. The van der Waals surface area contributed by atoms with Gasteiger partial charge in [-0.05, 0) is 33.6 Å². The molecular formula is C17H19BrN4. The number of aromatic nitrogens is 2. The van der Waals surface area contributed by atoms with Crippen molar-refractivity contribution in [1.29, 1.82) is 0 Å². The van der Waals surface area contributed by atoms with Crippen LogP contribution < -0.4 is 4.90 Å². The van der Waals surface area contributed by atoms with Crippen molar-refractivity contribution in [3.63, 3.8) is 0 Å². The number of anilines is 1. The van der Waals surface area contributed by atoms with Crippen LogP contribution in [0.15, 0.2) is 53.1 Å². The van der Waals surface area contributed by atoms with Crippen LogP contribution in [0.1, 0.15) is 5.56 Å². The van der Waals surface area contributed by atoms with E-state index in [1.54, 1.807) is 0 Å². The van der Waals surface area contributed by atoms with Gasteiger partial charge in [0.1, 0.15) is 4.60 Å². The summed E-state index contributed by atoms with van der Waals surface area (Å²) in [5.74, 6) is 0.961. The van der Waals surface area contributed by atoms with Gasteiger partial charge in [0.2, 0.25) is 0 Å². The van der Waals surface area contributed by atoms with Gasteiger partial charge in [0.25, 0.3) is 0 Å². The third kappa shape index (κ3) is 4.15. The maximum Gasteiger partial charge on any atom is 0.151 e. The van der Waals surface area contributed by atoms with Crippen molar-refractivity contribution in [3.05, 3.63) is 58.7 Å². The molecule has 1 aromatic heterocycles. The Morgan fingerprint density at radius 2 is 1.73 bits per heavy atom. The molecule has 0 unspecified atom stereocenters. The molecule has 0 saturated carbocycles. The Hall–Kier alpha value is -1.72. The SMILES string of the molecule is Brc1ccc(N2CCN(CC=Cc3ccccc3)CC2)nn1. The maximum atomic E-state index is 4.23. The quantitative estimate of drug-likeness (QED) is 0.840. The molecule has 4 nitrogen and oxygen atoms in total. The highest BCUT2D eigenvalue weighted by Gasteiger charge is 2.17. The standard InChI is InChI=1S/C17H19BrN4/c18-16-8-9-17(20-19-16)22-13-11-21(12-14-22)10-4-7-15-5-2-1-3-6-15/h1-9H,10-14H2. The zero-order valence-electron chi connectivity index (χ0n) is 12.4. The molecular weight excluding hydrogens is 340 g/mol. The summed E-state index contributed by atoms with van der Waals surface area (Å²) in [5, 5.41) is 8.28. The summed E-state index contributed by atoms with van der Waals surface area (Å²) in [5.41, 5.74) is 1.26. The number of benzene rings is 1. The normalized spacial score (nSPS) is 16.3. The molecule has 1 aliphatic heterocycles. The first-order chi connectivity index (χ1) is 10.8. The predicted molar refractivity (Wildman–Crippen MR) is 93.9 cm³/mol. The van der Waals surface area contributed by atoms with Gasteiger partial charge in [0, 0.05) is 32.7 Å². The Bertz CT molecular complexity index is 604. The van der Waals surface area contributed by atoms with E-state index in [1.165, 1.54) is 5.56 Å². The fraction of sp³-hybridized carbons (Fsp3) is 0.294. The zero-order valence-corrected chi connectivity index (χ0v) is 14.0. The molecule has 0 amide bonds. The zero-order chi connectivity index (χ0) is 15.2. The second-order valence-electron chi connectivity index (χ2n) is 5.31. The largest absolute Gasteiger partial charge is 0.353 e. The summed E-state index contributed by atoms with van der Waals surface area (Å²) < 4.78 is 0.779. The van der Waals surface area contributed by atoms with Crippen molar-refractivity contribution < 1.29 is 0 Å². The van der Waals surface area contributed by atoms with E-state index in [0.29, 0.717) is 0 Å². The monoisotopic (exact) mass is 358 g/mol. The van der Waals surface area contributed by atoms with E-state index in [2.05, 4.69) is 72.3 Å². The van der Waals surface area contributed by atoms with Crippen LogP contribution in [0.2, 0.25) is 0 Å². The summed E-state index contributed by atoms with van der Waals surface area (Å²) in [6.45, 7) is 5.09. The van der Waals surface area contributed by atoms with Gasteiger partial charge in [-0.3, -0.25) is 4.90 Å². The fourth-order valence-electron chi connectivity index (χ4n) is 2.54. The van der Waals surface area contributed by atoms with Gasteiger partial charge < -0.3 is 4.90 Å². The van der Waals surface area contributed by atoms with Crippen LogP contribution in [0.5, 0.6) is 0 Å². The van der Waals surface area contributed by atoms with Crippen molar-refractivity contribution in [1.82, 2.24) is 15.1 Å². The number of hydrogen-bond acceptors (Lipinski definition) is 4. The Morgan fingerprint density at radius 1 is 0.955 bits per heavy atom. The van der Waals surface area contributed by atoms with E-state index in [4.69, 9.17) is 0 Å². The topological polar surface area (TPSA) is 32.3 Å². The third-order valence-corrected chi connectivity index (χ3v) is 4.21. The van der Waals surface area contributed by atoms with E-state index in [1.807, 2.05) is 18.2 Å². The molecule has 22 heavy (non-hydrogen) atoms. The predicted octanol–water partition coefficient (Wildman–Crippen LogP) is 3.07. The van der Waals surface area contributed by atoms with Crippen LogP contribution in [-0.4, -0.2) is 47.8 Å². The molecule has 0 bridgehead atoms. The van der Waals surface area contributed by atoms with Crippen LogP contribution in [0.3, 0.4) is 0 Å². The van der Waals surface area contributed by atoms with Crippen LogP contribution in [0.25, 0.3) is 6.08 Å². The van der Waals surface area contributed by atoms with E-state index in [0.717, 1.165) is 43.1 Å². The van der Waals surface area contributed by atoms with E-state index in [9.17, 15) is 0 Å². The molecule has 1 aromatic carbocycles. The summed E-state index contributed by atoms with van der Waals surface area (Å²) in [7, 11) is 0. The summed E-state index contributed by atoms with van der Waals surface area (Å²) >= 11 is 3.32. The van der Waals surface area contributed by atoms with Gasteiger partial charge in [-0.15, -0.1) is 10.2 Å². The number of piperazine rings is 1. The lowest BCUT2D eigenvalue weighted by atomic mass is 10.2. The average Bonchev–Trinajstić information content (AvgIpc) is 2.57. The highest BCUT2D eigenvalue weighted by Crippen LogP contribution is 2.14. The van der Waals surface area contributed by atoms with Crippen molar-refractivity contribution in [2.75, 3.05) is 37.6 Å². The van der Waals surface area contributed by atoms with E-state index < -0.39 is 0 Å². The molecule has 1 saturated heterocycles. The smallest absolute Gasteiger partial charge is 0.151 e. The molecule has 0 spiro atoms. The molecule has 2 heterocycles. The molecule has 0 radical (unpaired) electrons.